The molecule has 2 unspecified atom stereocenters. The zero-order valence-corrected chi connectivity index (χ0v) is 49.1. The van der Waals surface area contributed by atoms with Gasteiger partial charge in [-0.25, -0.2) is 28.3 Å². The predicted molar refractivity (Wildman–Crippen MR) is 305 cm³/mol. The largest absolute Gasteiger partial charge is 0.446 e. The van der Waals surface area contributed by atoms with Gasteiger partial charge in [0.1, 0.15) is 68.9 Å². The number of halogens is 4. The lowest BCUT2D eigenvalue weighted by molar-refractivity contribution is -0.187. The third-order valence-electron chi connectivity index (χ3n) is 17.7. The minimum atomic E-state index is -2.58. The van der Waals surface area contributed by atoms with Crippen molar-refractivity contribution in [1.29, 1.82) is 0 Å². The summed E-state index contributed by atoms with van der Waals surface area (Å²) in [6.07, 6.45) is 3.11. The van der Waals surface area contributed by atoms with E-state index in [9.17, 15) is 38.2 Å². The average molecular weight is 1230 g/mol. The number of ether oxygens (including phenoxy) is 2. The molecule has 6 atom stereocenters. The lowest BCUT2D eigenvalue weighted by Crippen LogP contribution is -2.52. The number of benzene rings is 2. The molecule has 26 heteroatoms. The Morgan fingerprint density at radius 3 is 1.31 bits per heavy atom. The smallest absolute Gasteiger partial charge is 0.339 e. The van der Waals surface area contributed by atoms with Gasteiger partial charge in [0.2, 0.25) is 0 Å². The molecule has 4 aliphatic rings. The summed E-state index contributed by atoms with van der Waals surface area (Å²) in [5.74, 6) is -5.26. The van der Waals surface area contributed by atoms with Crippen LogP contribution in [0.25, 0.3) is 22.5 Å². The Morgan fingerprint density at radius 1 is 0.593 bits per heavy atom. The molecule has 6 aromatic rings. The van der Waals surface area contributed by atoms with Gasteiger partial charge >= 0.3 is 11.9 Å². The zero-order valence-electron chi connectivity index (χ0n) is 47.6. The SMILES string of the molecule is CN1CCC2(CC1)C[C@@]2(OC(=O)C(O)C(O)C(=O)O[C@@]1(C(=O)N[C@@H](CCCCCC(=O)c2ccon2)c2nc(-c3ccc(F)cc3)c(Cl)[nH]2)CC12CCN(C)CC2)C(=O)N[C@@H](CCCCCC(=O)c1ccon1)c1nc(-c2ccc(F)cc2)c(Cl)[nH]1. The lowest BCUT2D eigenvalue weighted by atomic mass is 9.88. The fourth-order valence-corrected chi connectivity index (χ4v) is 12.7. The Hall–Kier alpha value is -7.22. The van der Waals surface area contributed by atoms with Crippen LogP contribution in [0.5, 0.6) is 0 Å². The van der Waals surface area contributed by atoms with E-state index in [0.717, 1.165) is 0 Å². The Labute approximate surface area is 503 Å². The number of amides is 2. The van der Waals surface area contributed by atoms with Crippen molar-refractivity contribution in [2.75, 3.05) is 40.3 Å². The fraction of sp³-hybridized carbons (Fsp3) is 0.500. The van der Waals surface area contributed by atoms with Gasteiger partial charge in [0.05, 0.1) is 12.1 Å². The summed E-state index contributed by atoms with van der Waals surface area (Å²) in [5.41, 5.74) is -3.61. The van der Waals surface area contributed by atoms with E-state index in [4.69, 9.17) is 51.7 Å². The van der Waals surface area contributed by atoms with Crippen LogP contribution in [0.15, 0.2) is 82.2 Å². The lowest BCUT2D eigenvalue weighted by Gasteiger charge is -2.34. The first-order valence-electron chi connectivity index (χ1n) is 29.0. The molecule has 2 amide bonds. The molecule has 2 spiro atoms. The van der Waals surface area contributed by atoms with E-state index in [2.05, 4.69) is 40.7 Å². The maximum Gasteiger partial charge on any atom is 0.339 e. The Kier molecular flexibility index (Phi) is 18.7. The number of carbonyl (C=O) groups excluding carboxylic acids is 6. The van der Waals surface area contributed by atoms with Crippen LogP contribution in [-0.2, 0) is 28.7 Å². The normalized spacial score (nSPS) is 21.1. The van der Waals surface area contributed by atoms with Gasteiger partial charge in [-0.3, -0.25) is 19.2 Å². The first-order chi connectivity index (χ1) is 41.2. The van der Waals surface area contributed by atoms with E-state index in [0.29, 0.717) is 102 Å². The van der Waals surface area contributed by atoms with Crippen LogP contribution in [0.3, 0.4) is 0 Å². The van der Waals surface area contributed by atoms with Gasteiger partial charge in [0, 0.05) is 59.8 Å². The Morgan fingerprint density at radius 2 is 0.965 bits per heavy atom. The summed E-state index contributed by atoms with van der Waals surface area (Å²) in [6.45, 7) is 2.13. The number of hydrogen-bond donors (Lipinski definition) is 6. The standard InChI is InChI=1S/C60H68Cl2F2N10O12/c1-73-27-23-57(24-28-73)33-59(57,55(81)65-41(9-5-3-7-11-43(75)39-21-31-83-71-39)51-67-45(49(61)69-51)35-13-17-37(63)18-14-35)85-53(79)47(77)48(78)54(80)86-60(34-58(60)25-29-74(2)30-26-58)56(82)66-42(10-6-4-8-12-44(76)40-22-32-84-72-40)52-68-46(50(62)70-52)36-15-19-38(64)20-16-36/h13-22,31-32,41-42,47-48,77-78H,3-12,23-30,33-34H2,1-2H3,(H,65,81)(H,66,82)(H,67,69)(H,68,70)/t41-,42-,47?,48?,59+,60+/m0/s1. The number of likely N-dealkylation sites (tertiary alicyclic amines) is 2. The number of nitrogens with zero attached hydrogens (tertiary/aromatic N) is 6. The van der Waals surface area contributed by atoms with E-state index in [-0.39, 0.29) is 94.8 Å². The van der Waals surface area contributed by atoms with Gasteiger partial charge < -0.3 is 59.1 Å². The minimum absolute atomic E-state index is 0.0455. The van der Waals surface area contributed by atoms with Crippen LogP contribution in [0, 0.1) is 22.5 Å². The number of rotatable bonds is 27. The van der Waals surface area contributed by atoms with Crippen LogP contribution in [-0.4, -0.2) is 149 Å². The molecule has 458 valence electrons. The second kappa shape index (κ2) is 26.0. The summed E-state index contributed by atoms with van der Waals surface area (Å²) in [6, 6.07) is 12.3. The van der Waals surface area contributed by atoms with Gasteiger partial charge in [-0.1, -0.05) is 59.2 Å². The maximum absolute atomic E-state index is 15.1. The summed E-state index contributed by atoms with van der Waals surface area (Å²) in [4.78, 5) is 104. The van der Waals surface area contributed by atoms with E-state index < -0.39 is 81.7 Å². The van der Waals surface area contributed by atoms with Crippen molar-refractivity contribution in [2.24, 2.45) is 10.8 Å². The highest BCUT2D eigenvalue weighted by Crippen LogP contribution is 2.66. The number of aromatic nitrogens is 6. The van der Waals surface area contributed by atoms with Crippen LogP contribution < -0.4 is 10.6 Å². The van der Waals surface area contributed by atoms with Crippen LogP contribution >= 0.6 is 23.2 Å². The quantitative estimate of drug-likeness (QED) is 0.0161. The highest BCUT2D eigenvalue weighted by Gasteiger charge is 2.77. The molecule has 2 aliphatic carbocycles. The number of unbranched alkanes of at least 4 members (excludes halogenated alkanes) is 4. The third kappa shape index (κ3) is 13.2. The van der Waals surface area contributed by atoms with Crippen molar-refractivity contribution in [3.63, 3.8) is 0 Å². The molecule has 6 heterocycles. The van der Waals surface area contributed by atoms with Crippen molar-refractivity contribution in [3.8, 4) is 22.5 Å². The molecular weight excluding hydrogens is 1160 g/mol. The monoisotopic (exact) mass is 1230 g/mol. The number of H-pyrrole nitrogens is 2. The number of ketones is 2. The molecule has 2 saturated carbocycles. The molecule has 22 nitrogen and oxygen atoms in total. The molecule has 4 fully saturated rings. The van der Waals surface area contributed by atoms with Crippen molar-refractivity contribution < 1.29 is 66.3 Å². The second-order valence-corrected chi connectivity index (χ2v) is 24.1. The minimum Gasteiger partial charge on any atom is -0.446 e. The molecule has 0 radical (unpaired) electrons. The topological polar surface area (TPSA) is 301 Å². The van der Waals surface area contributed by atoms with E-state index in [1.807, 2.05) is 14.1 Å². The summed E-state index contributed by atoms with van der Waals surface area (Å²) < 4.78 is 49.8. The predicted octanol–water partition coefficient (Wildman–Crippen LogP) is 8.23. The number of aliphatic hydroxyl groups excluding tert-OH is 2. The first-order valence-corrected chi connectivity index (χ1v) is 29.7. The second-order valence-electron chi connectivity index (χ2n) is 23.4. The molecule has 4 aromatic heterocycles. The van der Waals surface area contributed by atoms with Crippen LogP contribution in [0.1, 0.15) is 147 Å². The molecule has 2 aromatic carbocycles. The van der Waals surface area contributed by atoms with Gasteiger partial charge in [0.25, 0.3) is 11.8 Å². The molecule has 6 N–H and O–H groups in total. The summed E-state index contributed by atoms with van der Waals surface area (Å²) in [5, 5.41) is 37.1. The highest BCUT2D eigenvalue weighted by atomic mass is 35.5. The Balaban J connectivity index is 0.860. The molecular formula is C60H68Cl2F2N10O12. The number of nitrogens with one attached hydrogen (secondary N) is 4. The maximum atomic E-state index is 15.1. The number of piperidine rings is 2. The third-order valence-corrected chi connectivity index (χ3v) is 18.2. The summed E-state index contributed by atoms with van der Waals surface area (Å²) in [7, 11) is 3.83. The van der Waals surface area contributed by atoms with Gasteiger partial charge in [-0.15, -0.1) is 0 Å². The molecule has 86 heavy (non-hydrogen) atoms. The van der Waals surface area contributed by atoms with Crippen molar-refractivity contribution in [2.45, 2.75) is 138 Å². The van der Waals surface area contributed by atoms with Crippen molar-refractivity contribution in [3.05, 3.63) is 118 Å². The van der Waals surface area contributed by atoms with Crippen LogP contribution in [0.2, 0.25) is 10.3 Å². The fourth-order valence-electron chi connectivity index (χ4n) is 12.2. The molecule has 10 rings (SSSR count). The zero-order chi connectivity index (χ0) is 61.0. The number of imidazole rings is 2. The van der Waals surface area contributed by atoms with Gasteiger partial charge in [0.15, 0.2) is 35.0 Å². The number of esters is 2. The first kappa shape index (κ1) is 61.9. The number of carbonyl (C=O) groups is 6. The van der Waals surface area contributed by atoms with E-state index >= 15 is 9.59 Å². The van der Waals surface area contributed by atoms with Crippen LogP contribution in [0.4, 0.5) is 8.78 Å². The Bertz CT molecular complexity index is 3160. The number of Topliss-reactive ketones (excluding diaryl/α,β-unsaturated/α-hetero) is 2. The molecule has 2 saturated heterocycles. The van der Waals surface area contributed by atoms with E-state index in [1.54, 1.807) is 0 Å². The van der Waals surface area contributed by atoms with Gasteiger partial charge in [-0.2, -0.15) is 0 Å². The molecule has 2 aliphatic heterocycles. The average Bonchev–Trinajstić information content (AvgIpc) is 1.54. The molecule has 0 bridgehead atoms. The number of hydrogen-bond acceptors (Lipinski definition) is 18. The van der Waals surface area contributed by atoms with E-state index in [1.165, 1.54) is 73.2 Å². The van der Waals surface area contributed by atoms with Gasteiger partial charge in [-0.05, 0) is 140 Å². The highest BCUT2D eigenvalue weighted by molar-refractivity contribution is 6.32. The number of aromatic amines is 2. The van der Waals surface area contributed by atoms with Crippen molar-refractivity contribution >= 4 is 58.5 Å². The summed E-state index contributed by atoms with van der Waals surface area (Å²) >= 11 is 13.4. The van der Waals surface area contributed by atoms with Crippen molar-refractivity contribution in [1.82, 2.24) is 50.7 Å². The number of aliphatic hydroxyl groups is 2.